The first-order valence-corrected chi connectivity index (χ1v) is 9.22. The van der Waals surface area contributed by atoms with Crippen LogP contribution in [0.2, 0.25) is 0 Å². The number of rotatable bonds is 8. The zero-order valence-electron chi connectivity index (χ0n) is 15.5. The van der Waals surface area contributed by atoms with Crippen LogP contribution in [-0.2, 0) is 27.2 Å². The SMILES string of the molecule is CO[C@H]1C[C@H](OCc2ccccc2)C[C@H](CCc2ccncc2C(N)=O)O1. The van der Waals surface area contributed by atoms with Crippen LogP contribution < -0.4 is 5.73 Å². The maximum atomic E-state index is 11.6. The highest BCUT2D eigenvalue weighted by atomic mass is 16.7. The van der Waals surface area contributed by atoms with Gasteiger partial charge in [-0.25, -0.2) is 0 Å². The molecule has 2 aromatic rings. The molecule has 1 amide bonds. The molecule has 1 aliphatic heterocycles. The van der Waals surface area contributed by atoms with E-state index in [0.29, 0.717) is 25.0 Å². The van der Waals surface area contributed by atoms with E-state index in [9.17, 15) is 4.79 Å². The molecule has 0 saturated carbocycles. The van der Waals surface area contributed by atoms with Gasteiger partial charge in [0.1, 0.15) is 0 Å². The third-order valence-electron chi connectivity index (χ3n) is 4.83. The van der Waals surface area contributed by atoms with Gasteiger partial charge in [0.2, 0.25) is 0 Å². The zero-order chi connectivity index (χ0) is 19.1. The fourth-order valence-corrected chi connectivity index (χ4v) is 3.37. The number of carbonyl (C=O) groups is 1. The lowest BCUT2D eigenvalue weighted by Crippen LogP contribution is -2.38. The van der Waals surface area contributed by atoms with Crippen molar-refractivity contribution in [3.8, 4) is 0 Å². The number of carbonyl (C=O) groups excluding carboxylic acids is 1. The first-order chi connectivity index (χ1) is 13.2. The number of hydrogen-bond donors (Lipinski definition) is 1. The van der Waals surface area contributed by atoms with Crippen LogP contribution >= 0.6 is 0 Å². The molecule has 1 fully saturated rings. The molecule has 144 valence electrons. The molecule has 0 spiro atoms. The van der Waals surface area contributed by atoms with Gasteiger partial charge in [0.05, 0.1) is 24.4 Å². The number of ether oxygens (including phenoxy) is 3. The Kier molecular flexibility index (Phi) is 6.92. The summed E-state index contributed by atoms with van der Waals surface area (Å²) < 4.78 is 17.5. The van der Waals surface area contributed by atoms with Gasteiger partial charge in [0, 0.05) is 32.3 Å². The van der Waals surface area contributed by atoms with E-state index in [4.69, 9.17) is 19.9 Å². The minimum Gasteiger partial charge on any atom is -0.373 e. The van der Waals surface area contributed by atoms with Crippen molar-refractivity contribution in [1.29, 1.82) is 0 Å². The first-order valence-electron chi connectivity index (χ1n) is 9.22. The van der Waals surface area contributed by atoms with E-state index in [0.717, 1.165) is 24.0 Å². The number of amides is 1. The van der Waals surface area contributed by atoms with Crippen LogP contribution in [0.5, 0.6) is 0 Å². The number of aromatic nitrogens is 1. The average Bonchev–Trinajstić information content (AvgIpc) is 2.71. The Morgan fingerprint density at radius 2 is 2.07 bits per heavy atom. The van der Waals surface area contributed by atoms with Gasteiger partial charge < -0.3 is 19.9 Å². The Morgan fingerprint density at radius 1 is 1.26 bits per heavy atom. The number of primary amides is 1. The molecular weight excluding hydrogens is 344 g/mol. The van der Waals surface area contributed by atoms with E-state index < -0.39 is 5.91 Å². The summed E-state index contributed by atoms with van der Waals surface area (Å²) in [6, 6.07) is 12.0. The lowest BCUT2D eigenvalue weighted by Gasteiger charge is -2.34. The molecule has 27 heavy (non-hydrogen) atoms. The molecule has 6 heteroatoms. The van der Waals surface area contributed by atoms with Gasteiger partial charge in [-0.1, -0.05) is 30.3 Å². The lowest BCUT2D eigenvalue weighted by atomic mass is 9.97. The lowest BCUT2D eigenvalue weighted by molar-refractivity contribution is -0.213. The molecule has 3 atom stereocenters. The Bertz CT molecular complexity index is 738. The monoisotopic (exact) mass is 370 g/mol. The van der Waals surface area contributed by atoms with Crippen molar-refractivity contribution in [2.45, 2.75) is 50.8 Å². The zero-order valence-corrected chi connectivity index (χ0v) is 15.5. The largest absolute Gasteiger partial charge is 0.373 e. The molecule has 0 bridgehead atoms. The Hall–Kier alpha value is -2.28. The van der Waals surface area contributed by atoms with Crippen LogP contribution in [0.1, 0.15) is 40.7 Å². The van der Waals surface area contributed by atoms with Crippen molar-refractivity contribution in [3.63, 3.8) is 0 Å². The van der Waals surface area contributed by atoms with Crippen LogP contribution in [-0.4, -0.2) is 36.5 Å². The van der Waals surface area contributed by atoms with Crippen LogP contribution in [0.15, 0.2) is 48.8 Å². The number of pyridine rings is 1. The standard InChI is InChI=1S/C21H26N2O4/c1-25-20-12-18(26-14-15-5-3-2-4-6-15)11-17(27-20)8-7-16-9-10-23-13-19(16)21(22)24/h2-6,9-10,13,17-18,20H,7-8,11-12,14H2,1H3,(H2,22,24)/t17-,18+,20+/m0/s1. The van der Waals surface area contributed by atoms with E-state index in [-0.39, 0.29) is 18.5 Å². The van der Waals surface area contributed by atoms with Crippen LogP contribution in [0.25, 0.3) is 0 Å². The quantitative estimate of drug-likeness (QED) is 0.772. The van der Waals surface area contributed by atoms with Crippen LogP contribution in [0.3, 0.4) is 0 Å². The minimum atomic E-state index is -0.457. The number of methoxy groups -OCH3 is 1. The maximum absolute atomic E-state index is 11.6. The molecule has 1 aromatic heterocycles. The predicted octanol–water partition coefficient (Wildman–Crippen LogP) is 2.85. The molecule has 1 saturated heterocycles. The van der Waals surface area contributed by atoms with Crippen LogP contribution in [0.4, 0.5) is 0 Å². The van der Waals surface area contributed by atoms with Crippen molar-refractivity contribution in [1.82, 2.24) is 4.98 Å². The highest BCUT2D eigenvalue weighted by molar-refractivity contribution is 5.93. The third-order valence-corrected chi connectivity index (χ3v) is 4.83. The fourth-order valence-electron chi connectivity index (χ4n) is 3.37. The topological polar surface area (TPSA) is 83.7 Å². The number of nitrogens with zero attached hydrogens (tertiary/aromatic N) is 1. The van der Waals surface area contributed by atoms with E-state index in [1.807, 2.05) is 24.3 Å². The second kappa shape index (κ2) is 9.60. The smallest absolute Gasteiger partial charge is 0.250 e. The molecule has 1 aromatic carbocycles. The molecule has 0 radical (unpaired) electrons. The third kappa shape index (κ3) is 5.60. The molecular formula is C21H26N2O4. The Morgan fingerprint density at radius 3 is 2.81 bits per heavy atom. The van der Waals surface area contributed by atoms with Gasteiger partial charge >= 0.3 is 0 Å². The van der Waals surface area contributed by atoms with E-state index in [1.54, 1.807) is 13.3 Å². The molecule has 0 unspecified atom stereocenters. The van der Waals surface area contributed by atoms with Crippen LogP contribution in [0, 0.1) is 0 Å². The second-order valence-electron chi connectivity index (χ2n) is 6.75. The van der Waals surface area contributed by atoms with Gasteiger partial charge in [-0.05, 0) is 30.0 Å². The molecule has 6 nitrogen and oxygen atoms in total. The number of nitrogens with two attached hydrogens (primary N) is 1. The molecule has 3 rings (SSSR count). The summed E-state index contributed by atoms with van der Waals surface area (Å²) in [5.74, 6) is -0.457. The number of aryl methyl sites for hydroxylation is 1. The Labute approximate surface area is 159 Å². The van der Waals surface area contributed by atoms with Gasteiger partial charge in [-0.2, -0.15) is 0 Å². The summed E-state index contributed by atoms with van der Waals surface area (Å²) in [5, 5.41) is 0. The van der Waals surface area contributed by atoms with E-state index in [1.165, 1.54) is 6.20 Å². The average molecular weight is 370 g/mol. The normalized spacial score (nSPS) is 22.5. The highest BCUT2D eigenvalue weighted by Crippen LogP contribution is 2.26. The summed E-state index contributed by atoms with van der Waals surface area (Å²) in [6.45, 7) is 0.574. The molecule has 2 heterocycles. The van der Waals surface area contributed by atoms with Gasteiger partial charge in [0.25, 0.3) is 5.91 Å². The van der Waals surface area contributed by atoms with Crippen molar-refractivity contribution < 1.29 is 19.0 Å². The van der Waals surface area contributed by atoms with Gasteiger partial charge in [0.15, 0.2) is 6.29 Å². The number of benzene rings is 1. The summed E-state index contributed by atoms with van der Waals surface area (Å²) >= 11 is 0. The van der Waals surface area contributed by atoms with Crippen molar-refractivity contribution in [2.24, 2.45) is 5.73 Å². The van der Waals surface area contributed by atoms with Gasteiger partial charge in [-0.3, -0.25) is 9.78 Å². The first kappa shape index (κ1) is 19.5. The summed E-state index contributed by atoms with van der Waals surface area (Å²) in [6.07, 6.45) is 5.93. The van der Waals surface area contributed by atoms with Gasteiger partial charge in [-0.15, -0.1) is 0 Å². The highest BCUT2D eigenvalue weighted by Gasteiger charge is 2.30. The van der Waals surface area contributed by atoms with E-state index in [2.05, 4.69) is 17.1 Å². The molecule has 2 N–H and O–H groups in total. The second-order valence-corrected chi connectivity index (χ2v) is 6.75. The fraction of sp³-hybridized carbons (Fsp3) is 0.429. The summed E-state index contributed by atoms with van der Waals surface area (Å²) in [7, 11) is 1.65. The number of hydrogen-bond acceptors (Lipinski definition) is 5. The summed E-state index contributed by atoms with van der Waals surface area (Å²) in [5.41, 5.74) is 7.94. The minimum absolute atomic E-state index is 0.00151. The molecule has 1 aliphatic rings. The molecule has 0 aliphatic carbocycles. The van der Waals surface area contributed by atoms with E-state index >= 15 is 0 Å². The summed E-state index contributed by atoms with van der Waals surface area (Å²) in [4.78, 5) is 15.5. The van der Waals surface area contributed by atoms with Crippen molar-refractivity contribution in [2.75, 3.05) is 7.11 Å². The maximum Gasteiger partial charge on any atom is 0.250 e. The van der Waals surface area contributed by atoms with Crippen molar-refractivity contribution in [3.05, 3.63) is 65.5 Å². The Balaban J connectivity index is 1.57. The van der Waals surface area contributed by atoms with Crippen molar-refractivity contribution >= 4 is 5.91 Å². The predicted molar refractivity (Wildman–Crippen MR) is 101 cm³/mol.